The molecular formula is C14H15NO. The van der Waals surface area contributed by atoms with Crippen LogP contribution in [0.15, 0.2) is 59.9 Å². The molecule has 2 rings (SSSR count). The average molecular weight is 213 g/mol. The molecule has 1 unspecified atom stereocenters. The van der Waals surface area contributed by atoms with Gasteiger partial charge in [-0.25, -0.2) is 0 Å². The van der Waals surface area contributed by atoms with Gasteiger partial charge in [0.15, 0.2) is 0 Å². The van der Waals surface area contributed by atoms with Crippen LogP contribution in [0.4, 0.5) is 0 Å². The first-order valence-electron chi connectivity index (χ1n) is 5.28. The van der Waals surface area contributed by atoms with Crippen molar-refractivity contribution in [2.75, 3.05) is 0 Å². The fourth-order valence-corrected chi connectivity index (χ4v) is 1.67. The lowest BCUT2D eigenvalue weighted by Gasteiger charge is -2.12. The summed E-state index contributed by atoms with van der Waals surface area (Å²) < 4.78 is 5.02. The summed E-state index contributed by atoms with van der Waals surface area (Å²) in [5.74, 6) is 0. The van der Waals surface area contributed by atoms with Gasteiger partial charge in [0.25, 0.3) is 0 Å². The van der Waals surface area contributed by atoms with E-state index in [4.69, 9.17) is 10.2 Å². The smallest absolute Gasteiger partial charge is 0.0977 e. The maximum atomic E-state index is 6.11. The van der Waals surface area contributed by atoms with Crippen molar-refractivity contribution in [3.8, 4) is 0 Å². The molecule has 1 aromatic carbocycles. The lowest BCUT2D eigenvalue weighted by atomic mass is 9.98. The summed E-state index contributed by atoms with van der Waals surface area (Å²) in [5.41, 5.74) is 9.27. The molecule has 0 radical (unpaired) electrons. The number of rotatable bonds is 4. The second kappa shape index (κ2) is 4.81. The summed E-state index contributed by atoms with van der Waals surface area (Å²) in [4.78, 5) is 0. The van der Waals surface area contributed by atoms with Gasteiger partial charge in [-0.05, 0) is 23.6 Å². The summed E-state index contributed by atoms with van der Waals surface area (Å²) in [6.45, 7) is 4.02. The van der Waals surface area contributed by atoms with Crippen LogP contribution in [0.5, 0.6) is 0 Å². The third kappa shape index (κ3) is 2.41. The number of nitrogens with two attached hydrogens (primary N) is 1. The van der Waals surface area contributed by atoms with Gasteiger partial charge in [0.1, 0.15) is 0 Å². The van der Waals surface area contributed by atoms with Gasteiger partial charge in [0.05, 0.1) is 12.5 Å². The zero-order valence-corrected chi connectivity index (χ0v) is 9.10. The summed E-state index contributed by atoms with van der Waals surface area (Å²) in [7, 11) is 0. The second-order valence-electron chi connectivity index (χ2n) is 3.84. The van der Waals surface area contributed by atoms with Crippen molar-refractivity contribution in [1.82, 2.24) is 0 Å². The van der Waals surface area contributed by atoms with Gasteiger partial charge in [-0.3, -0.25) is 0 Å². The second-order valence-corrected chi connectivity index (χ2v) is 3.84. The molecule has 0 aliphatic heterocycles. The number of hydrogen-bond acceptors (Lipinski definition) is 2. The van der Waals surface area contributed by atoms with Crippen LogP contribution in [0.1, 0.15) is 23.6 Å². The van der Waals surface area contributed by atoms with Gasteiger partial charge in [-0.2, -0.15) is 0 Å². The van der Waals surface area contributed by atoms with Crippen LogP contribution >= 0.6 is 0 Å². The Balaban J connectivity index is 2.03. The molecule has 0 saturated carbocycles. The third-order valence-corrected chi connectivity index (χ3v) is 2.62. The molecule has 0 amide bonds. The molecule has 0 bridgehead atoms. The van der Waals surface area contributed by atoms with Gasteiger partial charge < -0.3 is 10.2 Å². The maximum absolute atomic E-state index is 6.11. The molecular weight excluding hydrogens is 198 g/mol. The van der Waals surface area contributed by atoms with Crippen molar-refractivity contribution in [1.29, 1.82) is 0 Å². The normalized spacial score (nSPS) is 12.3. The van der Waals surface area contributed by atoms with Crippen molar-refractivity contribution in [2.45, 2.75) is 12.5 Å². The zero-order chi connectivity index (χ0) is 11.4. The molecule has 0 fully saturated rings. The van der Waals surface area contributed by atoms with E-state index in [0.717, 1.165) is 23.1 Å². The molecule has 0 saturated heterocycles. The Hall–Kier alpha value is -1.80. The number of benzene rings is 1. The minimum absolute atomic E-state index is 0.0106. The molecule has 82 valence electrons. The summed E-state index contributed by atoms with van der Waals surface area (Å²) in [6, 6.07) is 11.9. The summed E-state index contributed by atoms with van der Waals surface area (Å²) in [5, 5.41) is 0. The molecule has 2 N–H and O–H groups in total. The molecule has 2 heteroatoms. The minimum atomic E-state index is -0.0106. The molecule has 2 nitrogen and oxygen atoms in total. The SMILES string of the molecule is C=C(CC(N)c1ccccc1)c1ccoc1. The Morgan fingerprint density at radius 2 is 2.00 bits per heavy atom. The lowest BCUT2D eigenvalue weighted by molar-refractivity contribution is 0.566. The van der Waals surface area contributed by atoms with Crippen LogP contribution in [-0.2, 0) is 0 Å². The van der Waals surface area contributed by atoms with Crippen molar-refractivity contribution >= 4 is 5.57 Å². The van der Waals surface area contributed by atoms with E-state index in [0.29, 0.717) is 0 Å². The number of hydrogen-bond donors (Lipinski definition) is 1. The predicted molar refractivity (Wildman–Crippen MR) is 65.7 cm³/mol. The van der Waals surface area contributed by atoms with Crippen LogP contribution in [0.25, 0.3) is 5.57 Å². The van der Waals surface area contributed by atoms with Crippen molar-refractivity contribution in [2.24, 2.45) is 5.73 Å². The van der Waals surface area contributed by atoms with E-state index >= 15 is 0 Å². The van der Waals surface area contributed by atoms with E-state index in [2.05, 4.69) is 6.58 Å². The first-order valence-corrected chi connectivity index (χ1v) is 5.28. The van der Waals surface area contributed by atoms with E-state index in [9.17, 15) is 0 Å². The highest BCUT2D eigenvalue weighted by Crippen LogP contribution is 2.24. The third-order valence-electron chi connectivity index (χ3n) is 2.62. The molecule has 0 aliphatic rings. The van der Waals surface area contributed by atoms with Gasteiger partial charge in [-0.1, -0.05) is 36.9 Å². The monoisotopic (exact) mass is 213 g/mol. The largest absolute Gasteiger partial charge is 0.472 e. The van der Waals surface area contributed by atoms with Crippen LogP contribution in [0, 0.1) is 0 Å². The quantitative estimate of drug-likeness (QED) is 0.845. The molecule has 1 aromatic heterocycles. The highest BCUT2D eigenvalue weighted by Gasteiger charge is 2.09. The van der Waals surface area contributed by atoms with Crippen molar-refractivity contribution in [3.63, 3.8) is 0 Å². The Labute approximate surface area is 95.4 Å². The van der Waals surface area contributed by atoms with Crippen LogP contribution in [0.2, 0.25) is 0 Å². The Morgan fingerprint density at radius 3 is 2.62 bits per heavy atom. The van der Waals surface area contributed by atoms with Crippen molar-refractivity contribution < 1.29 is 4.42 Å². The highest BCUT2D eigenvalue weighted by molar-refractivity contribution is 5.62. The standard InChI is InChI=1S/C14H15NO/c1-11(13-7-8-16-10-13)9-14(15)12-5-3-2-4-6-12/h2-8,10,14H,1,9,15H2. The minimum Gasteiger partial charge on any atom is -0.472 e. The first kappa shape index (κ1) is 10.7. The van der Waals surface area contributed by atoms with E-state index < -0.39 is 0 Å². The van der Waals surface area contributed by atoms with Crippen LogP contribution in [-0.4, -0.2) is 0 Å². The molecule has 0 spiro atoms. The van der Waals surface area contributed by atoms with E-state index in [-0.39, 0.29) is 6.04 Å². The van der Waals surface area contributed by atoms with Gasteiger partial charge in [0, 0.05) is 11.6 Å². The molecule has 2 aromatic rings. The van der Waals surface area contributed by atoms with Crippen molar-refractivity contribution in [3.05, 3.63) is 66.6 Å². The Morgan fingerprint density at radius 1 is 1.25 bits per heavy atom. The first-order chi connectivity index (χ1) is 7.77. The van der Waals surface area contributed by atoms with Gasteiger partial charge in [0.2, 0.25) is 0 Å². The number of furan rings is 1. The van der Waals surface area contributed by atoms with E-state index in [1.165, 1.54) is 0 Å². The summed E-state index contributed by atoms with van der Waals surface area (Å²) in [6.07, 6.45) is 4.08. The fourth-order valence-electron chi connectivity index (χ4n) is 1.67. The maximum Gasteiger partial charge on any atom is 0.0977 e. The zero-order valence-electron chi connectivity index (χ0n) is 9.10. The van der Waals surface area contributed by atoms with Gasteiger partial charge >= 0.3 is 0 Å². The highest BCUT2D eigenvalue weighted by atomic mass is 16.3. The van der Waals surface area contributed by atoms with E-state index in [1.54, 1.807) is 12.5 Å². The predicted octanol–water partition coefficient (Wildman–Crippen LogP) is 3.38. The fraction of sp³-hybridized carbons (Fsp3) is 0.143. The average Bonchev–Trinajstić information content (AvgIpc) is 2.83. The Kier molecular flexibility index (Phi) is 3.22. The molecule has 1 heterocycles. The topological polar surface area (TPSA) is 39.2 Å². The van der Waals surface area contributed by atoms with E-state index in [1.807, 2.05) is 36.4 Å². The molecule has 0 aliphatic carbocycles. The van der Waals surface area contributed by atoms with Crippen LogP contribution in [0.3, 0.4) is 0 Å². The molecule has 1 atom stereocenters. The summed E-state index contributed by atoms with van der Waals surface area (Å²) >= 11 is 0. The Bertz CT molecular complexity index is 445. The lowest BCUT2D eigenvalue weighted by Crippen LogP contribution is -2.10. The van der Waals surface area contributed by atoms with Gasteiger partial charge in [-0.15, -0.1) is 0 Å². The molecule has 16 heavy (non-hydrogen) atoms. The van der Waals surface area contributed by atoms with Crippen LogP contribution < -0.4 is 5.73 Å².